The Morgan fingerprint density at radius 1 is 0.973 bits per heavy atom. The van der Waals surface area contributed by atoms with Crippen LogP contribution in [0, 0.1) is 5.82 Å². The second-order valence-electron chi connectivity index (χ2n) is 9.04. The van der Waals surface area contributed by atoms with Crippen LogP contribution in [0.3, 0.4) is 0 Å². The fraction of sp³-hybridized carbons (Fsp3) is 0.357. The van der Waals surface area contributed by atoms with E-state index >= 15 is 0 Å². The van der Waals surface area contributed by atoms with E-state index in [9.17, 15) is 14.0 Å². The number of halogens is 2. The van der Waals surface area contributed by atoms with Gasteiger partial charge in [0.25, 0.3) is 5.91 Å². The number of amides is 2. The third-order valence-electron chi connectivity index (χ3n) is 6.47. The Balaban J connectivity index is 1.39. The molecule has 0 atom stereocenters. The lowest BCUT2D eigenvalue weighted by molar-refractivity contribution is -0.131. The summed E-state index contributed by atoms with van der Waals surface area (Å²) in [6, 6.07) is 17.2. The van der Waals surface area contributed by atoms with Gasteiger partial charge in [0, 0.05) is 38.3 Å². The molecule has 3 aromatic rings. The van der Waals surface area contributed by atoms with Gasteiger partial charge in [-0.3, -0.25) is 9.59 Å². The number of rotatable bonds is 8. The van der Waals surface area contributed by atoms with Crippen molar-refractivity contribution in [1.29, 1.82) is 0 Å². The molecule has 2 aromatic carbocycles. The molecule has 0 saturated carbocycles. The first-order valence-electron chi connectivity index (χ1n) is 12.6. The molecule has 1 saturated heterocycles. The zero-order chi connectivity index (χ0) is 26.2. The summed E-state index contributed by atoms with van der Waals surface area (Å²) < 4.78 is 14.2. The molecule has 1 aliphatic rings. The molecule has 0 aliphatic carbocycles. The van der Waals surface area contributed by atoms with Gasteiger partial charge in [-0.15, -0.1) is 10.2 Å². The van der Waals surface area contributed by atoms with Crippen molar-refractivity contribution in [3.05, 3.63) is 77.1 Å². The summed E-state index contributed by atoms with van der Waals surface area (Å²) in [5, 5.41) is 9.39. The van der Waals surface area contributed by atoms with Crippen molar-refractivity contribution in [3.63, 3.8) is 0 Å². The van der Waals surface area contributed by atoms with Crippen molar-refractivity contribution in [2.24, 2.45) is 0 Å². The van der Waals surface area contributed by atoms with Gasteiger partial charge < -0.3 is 14.7 Å². The number of nitrogens with zero attached hydrogens (tertiary/aromatic N) is 5. The molecule has 1 fully saturated rings. The minimum atomic E-state index is -0.575. The number of hydrogen-bond donors (Lipinski definition) is 0. The summed E-state index contributed by atoms with van der Waals surface area (Å²) in [4.78, 5) is 31.6. The Hall–Kier alpha value is -3.52. The van der Waals surface area contributed by atoms with Crippen LogP contribution >= 0.6 is 11.6 Å². The number of carbonyl (C=O) groups excluding carboxylic acids is 2. The number of hydrogen-bond acceptors (Lipinski definition) is 5. The molecule has 37 heavy (non-hydrogen) atoms. The molecule has 194 valence electrons. The van der Waals surface area contributed by atoms with Crippen molar-refractivity contribution < 1.29 is 14.0 Å². The van der Waals surface area contributed by atoms with Crippen LogP contribution in [0.4, 0.5) is 10.2 Å². The normalized spacial score (nSPS) is 13.8. The third kappa shape index (κ3) is 6.63. The molecule has 0 N–H and O–H groups in total. The van der Waals surface area contributed by atoms with E-state index in [0.717, 1.165) is 37.2 Å². The van der Waals surface area contributed by atoms with Gasteiger partial charge in [0.1, 0.15) is 12.4 Å². The molecule has 2 heterocycles. The highest BCUT2D eigenvalue weighted by molar-refractivity contribution is 6.33. The maximum absolute atomic E-state index is 14.2. The lowest BCUT2D eigenvalue weighted by Gasteiger charge is -2.27. The third-order valence-corrected chi connectivity index (χ3v) is 6.80. The van der Waals surface area contributed by atoms with Crippen LogP contribution in [0.25, 0.3) is 11.3 Å². The Bertz CT molecular complexity index is 1220. The number of carbonyl (C=O) groups is 2. The van der Waals surface area contributed by atoms with E-state index in [4.69, 9.17) is 11.6 Å². The largest absolute Gasteiger partial charge is 0.353 e. The van der Waals surface area contributed by atoms with Gasteiger partial charge in [-0.25, -0.2) is 4.39 Å². The van der Waals surface area contributed by atoms with Crippen molar-refractivity contribution in [3.8, 4) is 11.3 Å². The fourth-order valence-electron chi connectivity index (χ4n) is 4.37. The van der Waals surface area contributed by atoms with E-state index in [-0.39, 0.29) is 18.0 Å². The van der Waals surface area contributed by atoms with Gasteiger partial charge in [0.15, 0.2) is 5.82 Å². The lowest BCUT2D eigenvalue weighted by Crippen LogP contribution is -2.44. The quantitative estimate of drug-likeness (QED) is 0.419. The monoisotopic (exact) mass is 523 g/mol. The number of benzene rings is 2. The molecular weight excluding hydrogens is 493 g/mol. The van der Waals surface area contributed by atoms with Crippen molar-refractivity contribution in [1.82, 2.24) is 20.0 Å². The standard InChI is InChI=1S/C28H31ClFN5O2/c1-2-3-15-35(28(37)22-10-5-7-12-24(22)30)20-27(36)34-17-8-16-33(18-19-34)26-14-13-25(31-32-26)21-9-4-6-11-23(21)29/h4-7,9-14H,2-3,8,15-20H2,1H3. The minimum Gasteiger partial charge on any atom is -0.353 e. The van der Waals surface area contributed by atoms with Crippen LogP contribution in [0.1, 0.15) is 36.5 Å². The summed E-state index contributed by atoms with van der Waals surface area (Å²) in [6.45, 7) is 4.76. The first-order chi connectivity index (χ1) is 18.0. The number of unbranched alkanes of at least 4 members (excludes halogenated alkanes) is 1. The van der Waals surface area contributed by atoms with E-state index in [1.807, 2.05) is 43.3 Å². The minimum absolute atomic E-state index is 0.00717. The van der Waals surface area contributed by atoms with Gasteiger partial charge in [0.2, 0.25) is 5.91 Å². The highest BCUT2D eigenvalue weighted by atomic mass is 35.5. The molecular formula is C28H31ClFN5O2. The highest BCUT2D eigenvalue weighted by Gasteiger charge is 2.25. The van der Waals surface area contributed by atoms with E-state index in [1.54, 1.807) is 17.0 Å². The molecule has 4 rings (SSSR count). The van der Waals surface area contributed by atoms with Crippen LogP contribution in [-0.4, -0.2) is 71.1 Å². The SMILES string of the molecule is CCCCN(CC(=O)N1CCCN(c2ccc(-c3ccccc3Cl)nn2)CC1)C(=O)c1ccccc1F. The van der Waals surface area contributed by atoms with Crippen LogP contribution in [0.15, 0.2) is 60.7 Å². The van der Waals surface area contributed by atoms with Gasteiger partial charge in [-0.05, 0) is 43.2 Å². The summed E-state index contributed by atoms with van der Waals surface area (Å²) in [7, 11) is 0. The second kappa shape index (κ2) is 12.6. The second-order valence-corrected chi connectivity index (χ2v) is 9.45. The molecule has 1 aliphatic heterocycles. The Morgan fingerprint density at radius 3 is 2.49 bits per heavy atom. The average Bonchev–Trinajstić information content (AvgIpc) is 3.18. The highest BCUT2D eigenvalue weighted by Crippen LogP contribution is 2.26. The van der Waals surface area contributed by atoms with Crippen molar-refractivity contribution >= 4 is 29.2 Å². The molecule has 9 heteroatoms. The Kier molecular flexibility index (Phi) is 9.06. The predicted molar refractivity (Wildman–Crippen MR) is 143 cm³/mol. The smallest absolute Gasteiger partial charge is 0.257 e. The maximum Gasteiger partial charge on any atom is 0.257 e. The summed E-state index contributed by atoms with van der Waals surface area (Å²) in [5.74, 6) is -0.425. The molecule has 2 amide bonds. The van der Waals surface area contributed by atoms with Gasteiger partial charge in [-0.2, -0.15) is 0 Å². The first kappa shape index (κ1) is 26.5. The van der Waals surface area contributed by atoms with Crippen LogP contribution in [-0.2, 0) is 4.79 Å². The van der Waals surface area contributed by atoms with E-state index in [1.165, 1.54) is 17.0 Å². The van der Waals surface area contributed by atoms with Gasteiger partial charge in [0.05, 0.1) is 16.3 Å². The molecule has 1 aromatic heterocycles. The van der Waals surface area contributed by atoms with Crippen LogP contribution in [0.5, 0.6) is 0 Å². The Labute approximate surface area is 221 Å². The fourth-order valence-corrected chi connectivity index (χ4v) is 4.60. The zero-order valence-electron chi connectivity index (χ0n) is 20.9. The molecule has 0 spiro atoms. The van der Waals surface area contributed by atoms with Crippen LogP contribution in [0.2, 0.25) is 5.02 Å². The average molecular weight is 524 g/mol. The van der Waals surface area contributed by atoms with Crippen molar-refractivity contribution in [2.75, 3.05) is 44.2 Å². The summed E-state index contributed by atoms with van der Waals surface area (Å²) >= 11 is 6.28. The van der Waals surface area contributed by atoms with Gasteiger partial charge in [-0.1, -0.05) is 55.3 Å². The maximum atomic E-state index is 14.2. The van der Waals surface area contributed by atoms with Gasteiger partial charge >= 0.3 is 0 Å². The predicted octanol–water partition coefficient (Wildman–Crippen LogP) is 4.92. The summed E-state index contributed by atoms with van der Waals surface area (Å²) in [6.07, 6.45) is 2.37. The van der Waals surface area contributed by atoms with Crippen LogP contribution < -0.4 is 4.90 Å². The molecule has 0 bridgehead atoms. The van der Waals surface area contributed by atoms with E-state index in [0.29, 0.717) is 36.9 Å². The lowest BCUT2D eigenvalue weighted by atomic mass is 10.1. The Morgan fingerprint density at radius 2 is 1.76 bits per heavy atom. The number of aromatic nitrogens is 2. The van der Waals surface area contributed by atoms with E-state index < -0.39 is 11.7 Å². The summed E-state index contributed by atoms with van der Waals surface area (Å²) in [5.41, 5.74) is 1.52. The zero-order valence-corrected chi connectivity index (χ0v) is 21.7. The molecule has 0 unspecified atom stereocenters. The topological polar surface area (TPSA) is 69.6 Å². The van der Waals surface area contributed by atoms with Crippen molar-refractivity contribution in [2.45, 2.75) is 26.2 Å². The first-order valence-corrected chi connectivity index (χ1v) is 13.0. The van der Waals surface area contributed by atoms with E-state index in [2.05, 4.69) is 15.1 Å². The molecule has 7 nitrogen and oxygen atoms in total. The number of anilines is 1. The molecule has 0 radical (unpaired) electrons.